The zero-order chi connectivity index (χ0) is 3.58. The second-order valence-corrected chi connectivity index (χ2v) is 0.346. The molecule has 0 aliphatic heterocycles. The third kappa shape index (κ3) is 3930. The smallest absolute Gasteiger partial charge is 0.402 e. The van der Waals surface area contributed by atoms with Gasteiger partial charge in [0.05, 0.1) is 0 Å². The van der Waals surface area contributed by atoms with Crippen LogP contribution in [0.2, 0.25) is 0 Å². The Bertz CT molecular complexity index is 16.9. The summed E-state index contributed by atoms with van der Waals surface area (Å²) in [5.74, 6) is 0. The minimum Gasteiger partial charge on any atom is -0.402 e. The zero-order valence-corrected chi connectivity index (χ0v) is 5.45. The van der Waals surface area contributed by atoms with Gasteiger partial charge in [-0.3, -0.25) is 0 Å². The average Bonchev–Trinajstić information content (AvgIpc) is 0.811. The Morgan fingerprint density at radius 2 is 0.556 bits per heavy atom. The van der Waals surface area contributed by atoms with Crippen LogP contribution in [0.4, 0.5) is 0 Å². The fraction of sp³-hybridized carbons (Fsp3) is 0. The minimum absolute atomic E-state index is 0. The first-order valence-corrected chi connectivity index (χ1v) is 0.775. The van der Waals surface area contributed by atoms with Crippen molar-refractivity contribution < 1.29 is 15.1 Å². The van der Waals surface area contributed by atoms with Gasteiger partial charge in [0.1, 0.15) is 0 Å². The molecule has 9 heteroatoms. The quantitative estimate of drug-likeness (QED) is 0.192. The topological polar surface area (TPSA) is 236 Å². The van der Waals surface area contributed by atoms with Crippen LogP contribution in [0.25, 0.3) is 0 Å². The van der Waals surface area contributed by atoms with Crippen LogP contribution in [0, 0.1) is 0 Å². The van der Waals surface area contributed by atoms with Crippen LogP contribution in [0.5, 0.6) is 0 Å². The van der Waals surface area contributed by atoms with E-state index in [4.69, 9.17) is 15.1 Å². The summed E-state index contributed by atoms with van der Waals surface area (Å²) in [5.41, 5.74) is 0. The number of hydrogen-bond acceptors (Lipinski definition) is 8. The normalized spacial score (nSPS) is 3.00. The molecule has 0 aromatic carbocycles. The molecule has 64 valence electrons. The van der Waals surface area contributed by atoms with Gasteiger partial charge in [0.25, 0.3) is 0 Å². The highest BCUT2D eigenvalue weighted by Crippen LogP contribution is 1.40. The molecule has 0 amide bonds. The van der Waals surface area contributed by atoms with Crippen molar-refractivity contribution in [3.63, 3.8) is 0 Å². The summed E-state index contributed by atoms with van der Waals surface area (Å²) in [6, 6.07) is 0. The van der Waals surface area contributed by atoms with E-state index >= 15 is 0 Å². The molecule has 0 radical (unpaired) electrons. The van der Waals surface area contributed by atoms with Crippen molar-refractivity contribution in [1.29, 1.82) is 0 Å². The lowest BCUT2D eigenvalue weighted by atomic mass is 10.3. The lowest BCUT2D eigenvalue weighted by molar-refractivity contribution is 0.278. The molecule has 18 N–H and O–H groups in total. The van der Waals surface area contributed by atoms with Crippen LogP contribution in [0.15, 0.2) is 0 Å². The highest BCUT2D eigenvalue weighted by molar-refractivity contribution is 6.30. The lowest BCUT2D eigenvalue weighted by Crippen LogP contribution is -2.07. The van der Waals surface area contributed by atoms with Crippen molar-refractivity contribution in [1.82, 2.24) is 30.8 Å². The minimum atomic E-state index is -2.17. The molecule has 0 aromatic heterocycles. The summed E-state index contributed by atoms with van der Waals surface area (Å²) >= 11 is 0. The first-order chi connectivity index (χ1) is 1.73. The molecule has 9 heavy (non-hydrogen) atoms. The SMILES string of the molecule is N.N.N.N.N.OB(O)O. The summed E-state index contributed by atoms with van der Waals surface area (Å²) in [6.45, 7) is 0. The van der Waals surface area contributed by atoms with Gasteiger partial charge in [-0.05, 0) is 0 Å². The predicted molar refractivity (Wildman–Crippen MR) is 37.5 cm³/mol. The van der Waals surface area contributed by atoms with Gasteiger partial charge in [-0.1, -0.05) is 0 Å². The van der Waals surface area contributed by atoms with Crippen molar-refractivity contribution in [3.8, 4) is 0 Å². The summed E-state index contributed by atoms with van der Waals surface area (Å²) in [4.78, 5) is 0. The predicted octanol–water partition coefficient (Wildman–Crippen LogP) is -1.24. The first kappa shape index (κ1) is 69.6. The van der Waals surface area contributed by atoms with Crippen molar-refractivity contribution in [2.24, 2.45) is 0 Å². The molecule has 0 atom stereocenters. The van der Waals surface area contributed by atoms with Crippen molar-refractivity contribution in [2.45, 2.75) is 0 Å². The van der Waals surface area contributed by atoms with E-state index in [1.807, 2.05) is 0 Å². The van der Waals surface area contributed by atoms with E-state index in [1.54, 1.807) is 0 Å². The van der Waals surface area contributed by atoms with E-state index in [1.165, 1.54) is 0 Å². The zero-order valence-electron chi connectivity index (χ0n) is 5.45. The highest BCUT2D eigenvalue weighted by Gasteiger charge is 1.92. The van der Waals surface area contributed by atoms with Crippen LogP contribution in [0.3, 0.4) is 0 Å². The summed E-state index contributed by atoms with van der Waals surface area (Å²) in [5, 5.41) is 21.5. The molecule has 0 saturated heterocycles. The molecule has 0 fully saturated rings. The Kier molecular flexibility index (Phi) is 362. The monoisotopic (exact) mass is 147 g/mol. The Morgan fingerprint density at radius 1 is 0.556 bits per heavy atom. The standard InChI is InChI=1S/BH3O3.5H3N/c2-1(3)4;;;;;/h2-4H;5*1H3. The van der Waals surface area contributed by atoms with Gasteiger partial charge in [0.15, 0.2) is 0 Å². The number of hydrogen-bond donors (Lipinski definition) is 8. The third-order valence-corrected chi connectivity index (χ3v) is 0. The van der Waals surface area contributed by atoms with Crippen molar-refractivity contribution in [3.05, 3.63) is 0 Å². The summed E-state index contributed by atoms with van der Waals surface area (Å²) in [6.07, 6.45) is 0. The molecular weight excluding hydrogens is 129 g/mol. The van der Waals surface area contributed by atoms with E-state index in [-0.39, 0.29) is 30.8 Å². The van der Waals surface area contributed by atoms with Crippen LogP contribution in [-0.4, -0.2) is 22.4 Å². The van der Waals surface area contributed by atoms with E-state index in [2.05, 4.69) is 0 Å². The first-order valence-electron chi connectivity index (χ1n) is 0.775. The lowest BCUT2D eigenvalue weighted by Gasteiger charge is -1.69. The molecule has 0 heterocycles. The molecule has 0 rings (SSSR count). The molecule has 0 aliphatic rings. The largest absolute Gasteiger partial charge is 0.631 e. The van der Waals surface area contributed by atoms with E-state index < -0.39 is 7.32 Å². The summed E-state index contributed by atoms with van der Waals surface area (Å²) in [7, 11) is -2.17. The van der Waals surface area contributed by atoms with Gasteiger partial charge in [0.2, 0.25) is 0 Å². The van der Waals surface area contributed by atoms with Crippen LogP contribution in [0.1, 0.15) is 0 Å². The average molecular weight is 147 g/mol. The molecule has 0 spiro atoms. The fourth-order valence-corrected chi connectivity index (χ4v) is 0. The van der Waals surface area contributed by atoms with E-state index in [9.17, 15) is 0 Å². The molecule has 0 saturated carbocycles. The van der Waals surface area contributed by atoms with E-state index in [0.717, 1.165) is 0 Å². The van der Waals surface area contributed by atoms with Crippen LogP contribution in [-0.2, 0) is 0 Å². The van der Waals surface area contributed by atoms with Crippen LogP contribution >= 0.6 is 0 Å². The van der Waals surface area contributed by atoms with Gasteiger partial charge in [-0.25, -0.2) is 0 Å². The Morgan fingerprint density at radius 3 is 0.556 bits per heavy atom. The van der Waals surface area contributed by atoms with Crippen molar-refractivity contribution in [2.75, 3.05) is 0 Å². The molecule has 0 bridgehead atoms. The molecule has 0 aromatic rings. The highest BCUT2D eigenvalue weighted by atomic mass is 16.5. The van der Waals surface area contributed by atoms with Gasteiger partial charge >= 0.3 is 7.32 Å². The molecule has 0 aliphatic carbocycles. The maximum absolute atomic E-state index is 7.17. The fourth-order valence-electron chi connectivity index (χ4n) is 0. The third-order valence-electron chi connectivity index (χ3n) is 0. The molecule has 8 nitrogen and oxygen atoms in total. The maximum Gasteiger partial charge on any atom is 0.631 e. The molecular formula is H18BN5O3. The Balaban J connectivity index is -0.00000000450. The second-order valence-electron chi connectivity index (χ2n) is 0.346. The van der Waals surface area contributed by atoms with E-state index in [0.29, 0.717) is 0 Å². The Labute approximate surface area is 54.4 Å². The molecule has 0 unspecified atom stereocenters. The van der Waals surface area contributed by atoms with Crippen molar-refractivity contribution >= 4 is 7.32 Å². The van der Waals surface area contributed by atoms with Gasteiger partial charge in [0, 0.05) is 0 Å². The number of rotatable bonds is 0. The van der Waals surface area contributed by atoms with Crippen LogP contribution < -0.4 is 30.8 Å². The van der Waals surface area contributed by atoms with Gasteiger partial charge < -0.3 is 45.8 Å². The summed E-state index contributed by atoms with van der Waals surface area (Å²) < 4.78 is 0. The van der Waals surface area contributed by atoms with Gasteiger partial charge in [-0.15, -0.1) is 0 Å². The Hall–Kier alpha value is -0.255. The second kappa shape index (κ2) is 46.8. The van der Waals surface area contributed by atoms with Gasteiger partial charge in [-0.2, -0.15) is 0 Å². The maximum atomic E-state index is 7.17.